The Morgan fingerprint density at radius 3 is 2.02 bits per heavy atom. The van der Waals surface area contributed by atoms with Gasteiger partial charge in [0, 0.05) is 31.3 Å². The quantitative estimate of drug-likeness (QED) is 0.294. The molecule has 3 aliphatic rings. The Hall–Kier alpha value is -3.51. The van der Waals surface area contributed by atoms with E-state index in [4.69, 9.17) is 21.0 Å². The average Bonchev–Trinajstić information content (AvgIpc) is 3.06. The molecule has 11 heteroatoms. The number of likely N-dealkylation sites (tertiary alicyclic amines) is 1. The Bertz CT molecular complexity index is 1140. The van der Waals surface area contributed by atoms with Gasteiger partial charge in [0.05, 0.1) is 30.6 Å². The van der Waals surface area contributed by atoms with Crippen molar-refractivity contribution in [1.82, 2.24) is 20.9 Å². The molecule has 0 unspecified atom stereocenters. The van der Waals surface area contributed by atoms with Crippen molar-refractivity contribution in [2.75, 3.05) is 46.4 Å². The van der Waals surface area contributed by atoms with Crippen molar-refractivity contribution < 1.29 is 19.1 Å². The lowest BCUT2D eigenvalue weighted by atomic mass is 9.83. The minimum absolute atomic E-state index is 0.00275. The number of amides is 3. The summed E-state index contributed by atoms with van der Waals surface area (Å²) >= 11 is 0. The highest BCUT2D eigenvalue weighted by molar-refractivity contribution is 5.95. The number of carbonyl (C=O) groups is 3. The van der Waals surface area contributed by atoms with Crippen LogP contribution in [0.15, 0.2) is 24.3 Å². The molecule has 2 aliphatic carbocycles. The van der Waals surface area contributed by atoms with Crippen LogP contribution in [0.4, 0.5) is 0 Å². The van der Waals surface area contributed by atoms with E-state index in [0.29, 0.717) is 11.5 Å². The van der Waals surface area contributed by atoms with Crippen molar-refractivity contribution in [3.63, 3.8) is 0 Å². The summed E-state index contributed by atoms with van der Waals surface area (Å²) in [7, 11) is 1.74. The molecule has 240 valence electrons. The molecule has 11 nitrogen and oxygen atoms in total. The van der Waals surface area contributed by atoms with Crippen LogP contribution in [-0.4, -0.2) is 81.1 Å². The highest BCUT2D eigenvalue weighted by Crippen LogP contribution is 2.29. The molecule has 5 N–H and O–H groups in total. The number of benzene rings is 1. The van der Waals surface area contributed by atoms with Crippen LogP contribution in [0.1, 0.15) is 86.0 Å². The molecule has 0 radical (unpaired) electrons. The van der Waals surface area contributed by atoms with E-state index in [9.17, 15) is 14.4 Å². The van der Waals surface area contributed by atoms with Gasteiger partial charge in [0.1, 0.15) is 13.1 Å². The lowest BCUT2D eigenvalue weighted by Gasteiger charge is -2.32. The predicted molar refractivity (Wildman–Crippen MR) is 167 cm³/mol. The maximum absolute atomic E-state index is 12.8. The number of nitriles is 2. The van der Waals surface area contributed by atoms with Gasteiger partial charge in [-0.2, -0.15) is 10.5 Å². The Balaban J connectivity index is 0.000000340. The molecule has 4 rings (SSSR count). The van der Waals surface area contributed by atoms with E-state index >= 15 is 0 Å². The van der Waals surface area contributed by atoms with Gasteiger partial charge >= 0.3 is 0 Å². The van der Waals surface area contributed by atoms with Crippen molar-refractivity contribution in [3.8, 4) is 12.1 Å². The van der Waals surface area contributed by atoms with Crippen LogP contribution in [-0.2, 0) is 14.3 Å². The molecule has 0 spiro atoms. The molecule has 1 aromatic rings. The largest absolute Gasteiger partial charge is 0.383 e. The molecule has 3 amide bonds. The number of methoxy groups -OCH3 is 1. The second-order valence-electron chi connectivity index (χ2n) is 12.0. The van der Waals surface area contributed by atoms with Crippen molar-refractivity contribution in [2.24, 2.45) is 17.6 Å². The molecule has 2 saturated carbocycles. The smallest absolute Gasteiger partial charge is 0.251 e. The number of hydrogen-bond acceptors (Lipinski definition) is 8. The monoisotopic (exact) mass is 607 g/mol. The molecule has 1 aromatic carbocycles. The summed E-state index contributed by atoms with van der Waals surface area (Å²) in [5, 5.41) is 25.2. The standard InChI is InChI=1S/C24H34N4O3.C9H15N3O/c1-31-17-16-28-14-10-19(11-15-28)18-6-8-20(9-7-18)23(29)27-22-5-3-2-4-21(22)24(30)26-13-12-25;10-5-6-12-9(13)7-3-1-2-4-8(7)11/h6-9,19,21-22H,2-5,10-11,13-17H2,1H3,(H,26,30)(H,27,29);7-8H,1-4,6,11H2,(H,12,13)/t21-,22+;7-,8+/m11/s1. The van der Waals surface area contributed by atoms with E-state index in [-0.39, 0.29) is 54.7 Å². The van der Waals surface area contributed by atoms with Crippen molar-refractivity contribution in [3.05, 3.63) is 35.4 Å². The summed E-state index contributed by atoms with van der Waals surface area (Å²) in [4.78, 5) is 39.0. The predicted octanol–water partition coefficient (Wildman–Crippen LogP) is 2.58. The SMILES string of the molecule is COCCN1CCC(c2ccc(C(=O)N[C@H]3CCCC[C@H]3C(=O)NCC#N)cc2)CC1.N#CCNC(=O)[C@@H]1CCCC[C@@H]1N. The Kier molecular flexibility index (Phi) is 15.1. The van der Waals surface area contributed by atoms with Crippen molar-refractivity contribution in [1.29, 1.82) is 10.5 Å². The number of nitrogens with two attached hydrogens (primary N) is 1. The molecule has 0 aromatic heterocycles. The fraction of sp³-hybridized carbons (Fsp3) is 0.667. The van der Waals surface area contributed by atoms with Gasteiger partial charge in [-0.3, -0.25) is 14.4 Å². The summed E-state index contributed by atoms with van der Waals surface area (Å²) in [6, 6.07) is 11.6. The summed E-state index contributed by atoms with van der Waals surface area (Å²) in [6.45, 7) is 4.00. The van der Waals surface area contributed by atoms with Gasteiger partial charge in [0.15, 0.2) is 0 Å². The Morgan fingerprint density at radius 1 is 0.864 bits per heavy atom. The third kappa shape index (κ3) is 10.9. The number of ether oxygens (including phenoxy) is 1. The third-order valence-electron chi connectivity index (χ3n) is 9.10. The number of nitrogens with zero attached hydrogens (tertiary/aromatic N) is 3. The molecule has 1 aliphatic heterocycles. The van der Waals surface area contributed by atoms with Crippen LogP contribution in [0.3, 0.4) is 0 Å². The summed E-state index contributed by atoms with van der Waals surface area (Å²) in [6.07, 6.45) is 9.70. The van der Waals surface area contributed by atoms with Crippen LogP contribution in [0.5, 0.6) is 0 Å². The lowest BCUT2D eigenvalue weighted by Crippen LogP contribution is -2.48. The zero-order chi connectivity index (χ0) is 31.7. The highest BCUT2D eigenvalue weighted by atomic mass is 16.5. The van der Waals surface area contributed by atoms with Gasteiger partial charge in [0.2, 0.25) is 11.8 Å². The Labute approximate surface area is 261 Å². The zero-order valence-corrected chi connectivity index (χ0v) is 26.1. The zero-order valence-electron chi connectivity index (χ0n) is 26.1. The van der Waals surface area contributed by atoms with E-state index in [1.54, 1.807) is 7.11 Å². The van der Waals surface area contributed by atoms with Crippen molar-refractivity contribution >= 4 is 17.7 Å². The minimum Gasteiger partial charge on any atom is -0.383 e. The topological polar surface area (TPSA) is 173 Å². The molecule has 1 heterocycles. The second-order valence-corrected chi connectivity index (χ2v) is 12.0. The first-order chi connectivity index (χ1) is 21.4. The summed E-state index contributed by atoms with van der Waals surface area (Å²) < 4.78 is 5.17. The van der Waals surface area contributed by atoms with Crippen LogP contribution in [0.25, 0.3) is 0 Å². The van der Waals surface area contributed by atoms with E-state index in [1.807, 2.05) is 24.3 Å². The maximum atomic E-state index is 12.8. The average molecular weight is 608 g/mol. The first-order valence-corrected chi connectivity index (χ1v) is 16.0. The van der Waals surface area contributed by atoms with Gasteiger partial charge in [-0.1, -0.05) is 37.8 Å². The van der Waals surface area contributed by atoms with E-state index in [1.165, 1.54) is 5.56 Å². The van der Waals surface area contributed by atoms with Crippen molar-refractivity contribution in [2.45, 2.75) is 82.2 Å². The van der Waals surface area contributed by atoms with Gasteiger partial charge in [-0.25, -0.2) is 0 Å². The minimum atomic E-state index is -0.270. The Morgan fingerprint density at radius 2 is 1.43 bits per heavy atom. The molecule has 44 heavy (non-hydrogen) atoms. The van der Waals surface area contributed by atoms with E-state index < -0.39 is 0 Å². The molecule has 0 bridgehead atoms. The third-order valence-corrected chi connectivity index (χ3v) is 9.10. The van der Waals surface area contributed by atoms with E-state index in [2.05, 4.69) is 33.0 Å². The number of rotatable bonds is 10. The van der Waals surface area contributed by atoms with Crippen LogP contribution in [0.2, 0.25) is 0 Å². The van der Waals surface area contributed by atoms with Gasteiger partial charge in [0.25, 0.3) is 5.91 Å². The number of carbonyl (C=O) groups excluding carboxylic acids is 3. The number of hydrogen-bond donors (Lipinski definition) is 4. The van der Waals surface area contributed by atoms with E-state index in [0.717, 1.165) is 90.4 Å². The lowest BCUT2D eigenvalue weighted by molar-refractivity contribution is -0.127. The molecular weight excluding hydrogens is 558 g/mol. The molecule has 1 saturated heterocycles. The van der Waals surface area contributed by atoms with Crippen LogP contribution < -0.4 is 21.7 Å². The number of piperidine rings is 1. The first kappa shape index (κ1) is 35.0. The van der Waals surface area contributed by atoms with Gasteiger partial charge in [-0.15, -0.1) is 0 Å². The normalized spacial score (nSPS) is 24.0. The highest BCUT2D eigenvalue weighted by Gasteiger charge is 2.32. The molecule has 4 atom stereocenters. The van der Waals surface area contributed by atoms with Gasteiger partial charge in [-0.05, 0) is 75.2 Å². The number of nitrogens with one attached hydrogen (secondary N) is 3. The van der Waals surface area contributed by atoms with Gasteiger partial charge < -0.3 is 31.3 Å². The molecule has 3 fully saturated rings. The van der Waals surface area contributed by atoms with Crippen LogP contribution >= 0.6 is 0 Å². The van der Waals surface area contributed by atoms with Crippen LogP contribution in [0, 0.1) is 34.5 Å². The fourth-order valence-corrected chi connectivity index (χ4v) is 6.49. The summed E-state index contributed by atoms with van der Waals surface area (Å²) in [5.74, 6) is -0.156. The maximum Gasteiger partial charge on any atom is 0.251 e. The summed E-state index contributed by atoms with van der Waals surface area (Å²) in [5.41, 5.74) is 7.72. The molecular formula is C33H49N7O4. The second kappa shape index (κ2) is 19.0. The first-order valence-electron chi connectivity index (χ1n) is 16.0. The fourth-order valence-electron chi connectivity index (χ4n) is 6.49.